The zero-order valence-corrected chi connectivity index (χ0v) is 12.0. The number of nitrogens with one attached hydrogen (secondary N) is 1. The van der Waals surface area contributed by atoms with Crippen LogP contribution >= 0.6 is 0 Å². The fraction of sp³-hybridized carbons (Fsp3) is 0.615. The minimum Gasteiger partial charge on any atom is -0.399 e. The van der Waals surface area contributed by atoms with E-state index in [1.54, 1.807) is 0 Å². The zero-order valence-electron chi connectivity index (χ0n) is 12.0. The number of aryl methyl sites for hydroxylation is 1. The third-order valence-electron chi connectivity index (χ3n) is 3.91. The van der Waals surface area contributed by atoms with Gasteiger partial charge in [0.15, 0.2) is 0 Å². The van der Waals surface area contributed by atoms with Gasteiger partial charge in [0.05, 0.1) is 11.2 Å². The van der Waals surface area contributed by atoms with E-state index in [0.29, 0.717) is 0 Å². The number of aromatic nitrogens is 1. The van der Waals surface area contributed by atoms with E-state index in [1.807, 2.05) is 26.2 Å². The molecule has 1 N–H and O–H groups in total. The molecule has 4 nitrogen and oxygen atoms in total. The molecule has 1 saturated heterocycles. The summed E-state index contributed by atoms with van der Waals surface area (Å²) in [6, 6.07) is 1.98. The Kier molecular flexibility index (Phi) is 3.15. The van der Waals surface area contributed by atoms with Crippen molar-refractivity contribution < 1.29 is 9.31 Å². The Hall–Kier alpha value is -1.07. The molecule has 18 heavy (non-hydrogen) atoms. The van der Waals surface area contributed by atoms with Crippen molar-refractivity contribution in [3.05, 3.63) is 17.8 Å². The van der Waals surface area contributed by atoms with Gasteiger partial charge in [-0.15, -0.1) is 0 Å². The van der Waals surface area contributed by atoms with Crippen LogP contribution in [0.3, 0.4) is 0 Å². The second kappa shape index (κ2) is 4.25. The Labute approximate surface area is 109 Å². The summed E-state index contributed by atoms with van der Waals surface area (Å²) >= 11 is 0. The lowest BCUT2D eigenvalue weighted by atomic mass is 9.77. The van der Waals surface area contributed by atoms with Crippen LogP contribution in [0.25, 0.3) is 0 Å². The van der Waals surface area contributed by atoms with Crippen molar-refractivity contribution in [2.24, 2.45) is 0 Å². The van der Waals surface area contributed by atoms with Crippen LogP contribution in [0.5, 0.6) is 0 Å². The highest BCUT2D eigenvalue weighted by Gasteiger charge is 2.52. The molecule has 1 aliphatic heterocycles. The molecule has 0 atom stereocenters. The molecular weight excluding hydrogens is 227 g/mol. The molecule has 5 heteroatoms. The van der Waals surface area contributed by atoms with Crippen molar-refractivity contribution in [3.63, 3.8) is 0 Å². The van der Waals surface area contributed by atoms with Crippen LogP contribution in [0.2, 0.25) is 0 Å². The van der Waals surface area contributed by atoms with Gasteiger partial charge in [0.2, 0.25) is 0 Å². The van der Waals surface area contributed by atoms with Crippen LogP contribution in [-0.4, -0.2) is 30.4 Å². The Morgan fingerprint density at radius 3 is 2.22 bits per heavy atom. The summed E-state index contributed by atoms with van der Waals surface area (Å²) in [5.41, 5.74) is 1.49. The number of rotatable bonds is 2. The topological polar surface area (TPSA) is 43.4 Å². The lowest BCUT2D eigenvalue weighted by molar-refractivity contribution is 0.00578. The van der Waals surface area contributed by atoms with E-state index >= 15 is 0 Å². The monoisotopic (exact) mass is 248 g/mol. The third kappa shape index (κ3) is 2.13. The Bertz CT molecular complexity index is 444. The molecule has 0 radical (unpaired) electrons. The molecule has 1 aromatic heterocycles. The average Bonchev–Trinajstić information content (AvgIpc) is 2.48. The fourth-order valence-electron chi connectivity index (χ4n) is 1.90. The smallest absolute Gasteiger partial charge is 0.399 e. The van der Waals surface area contributed by atoms with Crippen LogP contribution in [0.1, 0.15) is 33.3 Å². The summed E-state index contributed by atoms with van der Waals surface area (Å²) in [6.07, 6.45) is 1.84. The predicted molar refractivity (Wildman–Crippen MR) is 74.2 cm³/mol. The molecule has 2 rings (SSSR count). The molecular formula is C13H21BN2O2. The number of hydrogen-bond donors (Lipinski definition) is 1. The van der Waals surface area contributed by atoms with Gasteiger partial charge in [-0.2, -0.15) is 0 Å². The molecule has 1 aliphatic rings. The summed E-state index contributed by atoms with van der Waals surface area (Å²) < 4.78 is 12.1. The van der Waals surface area contributed by atoms with Gasteiger partial charge in [-0.3, -0.25) is 0 Å². The standard InChI is InChI=1S/C13H21BN2O2/c1-9-8-16-11(15-6)7-10(9)14-17-12(2,3)13(4,5)18-14/h7-8H,1-6H3,(H,15,16). The zero-order chi connectivity index (χ0) is 13.6. The molecule has 0 amide bonds. The molecule has 1 aromatic rings. The van der Waals surface area contributed by atoms with Crippen LogP contribution in [-0.2, 0) is 9.31 Å². The van der Waals surface area contributed by atoms with Crippen molar-refractivity contribution in [1.29, 1.82) is 0 Å². The largest absolute Gasteiger partial charge is 0.495 e. The summed E-state index contributed by atoms with van der Waals surface area (Å²) in [4.78, 5) is 4.28. The number of hydrogen-bond acceptors (Lipinski definition) is 4. The second-order valence-corrected chi connectivity index (χ2v) is 5.76. The Balaban J connectivity index is 2.34. The predicted octanol–water partition coefficient (Wildman–Crippen LogP) is 1.73. The molecule has 0 unspecified atom stereocenters. The minimum atomic E-state index is -0.329. The molecule has 0 bridgehead atoms. The van der Waals surface area contributed by atoms with Gasteiger partial charge in [-0.05, 0) is 51.7 Å². The number of nitrogens with zero attached hydrogens (tertiary/aromatic N) is 1. The normalized spacial score (nSPS) is 21.1. The first kappa shape index (κ1) is 13.4. The van der Waals surface area contributed by atoms with Crippen molar-refractivity contribution in [2.75, 3.05) is 12.4 Å². The van der Waals surface area contributed by atoms with Crippen LogP contribution in [0.4, 0.5) is 5.82 Å². The fourth-order valence-corrected chi connectivity index (χ4v) is 1.90. The van der Waals surface area contributed by atoms with Gasteiger partial charge in [0.25, 0.3) is 0 Å². The van der Waals surface area contributed by atoms with E-state index in [9.17, 15) is 0 Å². The van der Waals surface area contributed by atoms with Gasteiger partial charge in [0, 0.05) is 13.2 Å². The van der Waals surface area contributed by atoms with Crippen molar-refractivity contribution in [3.8, 4) is 0 Å². The molecule has 0 aliphatic carbocycles. The lowest BCUT2D eigenvalue weighted by Crippen LogP contribution is -2.41. The third-order valence-corrected chi connectivity index (χ3v) is 3.91. The van der Waals surface area contributed by atoms with Crippen LogP contribution in [0.15, 0.2) is 12.3 Å². The SMILES string of the molecule is CNc1cc(B2OC(C)(C)C(C)(C)O2)c(C)cn1. The van der Waals surface area contributed by atoms with E-state index in [0.717, 1.165) is 16.8 Å². The molecule has 0 aromatic carbocycles. The maximum absolute atomic E-state index is 6.05. The first-order valence-corrected chi connectivity index (χ1v) is 6.27. The van der Waals surface area contributed by atoms with Gasteiger partial charge in [-0.1, -0.05) is 0 Å². The lowest BCUT2D eigenvalue weighted by Gasteiger charge is -2.32. The maximum atomic E-state index is 6.05. The molecule has 0 saturated carbocycles. The molecule has 0 spiro atoms. The number of pyridine rings is 1. The molecule has 1 fully saturated rings. The van der Waals surface area contributed by atoms with Crippen molar-refractivity contribution in [1.82, 2.24) is 4.98 Å². The highest BCUT2D eigenvalue weighted by Crippen LogP contribution is 2.36. The first-order chi connectivity index (χ1) is 8.27. The van der Waals surface area contributed by atoms with Gasteiger partial charge in [-0.25, -0.2) is 4.98 Å². The van der Waals surface area contributed by atoms with E-state index in [-0.39, 0.29) is 18.3 Å². The maximum Gasteiger partial charge on any atom is 0.495 e. The summed E-state index contributed by atoms with van der Waals surface area (Å²) in [7, 11) is 1.52. The average molecular weight is 248 g/mol. The first-order valence-electron chi connectivity index (χ1n) is 6.27. The molecule has 98 valence electrons. The van der Waals surface area contributed by atoms with Crippen molar-refractivity contribution in [2.45, 2.75) is 45.8 Å². The van der Waals surface area contributed by atoms with Crippen LogP contribution in [0, 0.1) is 6.92 Å². The summed E-state index contributed by atoms with van der Waals surface area (Å²) in [6.45, 7) is 10.3. The number of anilines is 1. The second-order valence-electron chi connectivity index (χ2n) is 5.76. The van der Waals surface area contributed by atoms with E-state index < -0.39 is 0 Å². The van der Waals surface area contributed by atoms with E-state index in [2.05, 4.69) is 38.0 Å². The van der Waals surface area contributed by atoms with Crippen molar-refractivity contribution >= 4 is 18.4 Å². The minimum absolute atomic E-state index is 0.312. The Morgan fingerprint density at radius 2 is 1.72 bits per heavy atom. The van der Waals surface area contributed by atoms with Gasteiger partial charge < -0.3 is 14.6 Å². The quantitative estimate of drug-likeness (QED) is 0.809. The van der Waals surface area contributed by atoms with Gasteiger partial charge >= 0.3 is 7.12 Å². The highest BCUT2D eigenvalue weighted by atomic mass is 16.7. The summed E-state index contributed by atoms with van der Waals surface area (Å²) in [5.74, 6) is 0.824. The highest BCUT2D eigenvalue weighted by molar-refractivity contribution is 6.62. The van der Waals surface area contributed by atoms with Crippen LogP contribution < -0.4 is 10.8 Å². The van der Waals surface area contributed by atoms with E-state index in [1.165, 1.54) is 0 Å². The van der Waals surface area contributed by atoms with Gasteiger partial charge in [0.1, 0.15) is 5.82 Å². The van der Waals surface area contributed by atoms with E-state index in [4.69, 9.17) is 9.31 Å². The summed E-state index contributed by atoms with van der Waals surface area (Å²) in [5, 5.41) is 3.04. The molecule has 2 heterocycles. The Morgan fingerprint density at radius 1 is 1.17 bits per heavy atom.